The van der Waals surface area contributed by atoms with E-state index in [4.69, 9.17) is 10.5 Å². The van der Waals surface area contributed by atoms with E-state index >= 15 is 0 Å². The van der Waals surface area contributed by atoms with Crippen LogP contribution in [0.1, 0.15) is 16.8 Å². The fourth-order valence-corrected chi connectivity index (χ4v) is 1.59. The van der Waals surface area contributed by atoms with Crippen LogP contribution in [0.15, 0.2) is 12.1 Å². The number of hydrazine groups is 1. The molecule has 0 spiro atoms. The van der Waals surface area contributed by atoms with Gasteiger partial charge in [0.1, 0.15) is 11.5 Å². The molecule has 0 radical (unpaired) electrons. The lowest BCUT2D eigenvalue weighted by Crippen LogP contribution is -2.36. The van der Waals surface area contributed by atoms with Crippen LogP contribution in [0.4, 0.5) is 5.69 Å². The van der Waals surface area contributed by atoms with Gasteiger partial charge in [-0.25, -0.2) is 5.01 Å². The van der Waals surface area contributed by atoms with Crippen molar-refractivity contribution < 1.29 is 14.6 Å². The number of hydrogen-bond acceptors (Lipinski definition) is 6. The van der Waals surface area contributed by atoms with Gasteiger partial charge >= 0.3 is 0 Å². The van der Waals surface area contributed by atoms with Crippen molar-refractivity contribution in [2.75, 3.05) is 39.6 Å². The molecule has 1 amide bonds. The van der Waals surface area contributed by atoms with E-state index in [1.807, 2.05) is 0 Å². The molecule has 1 aromatic carbocycles. The number of ether oxygens (including phenoxy) is 1. The van der Waals surface area contributed by atoms with Crippen molar-refractivity contribution in [3.8, 4) is 11.5 Å². The molecule has 0 aliphatic rings. The average Bonchev–Trinajstić information content (AvgIpc) is 2.38. The smallest absolute Gasteiger partial charge is 0.269 e. The lowest BCUT2D eigenvalue weighted by atomic mass is 10.1. The summed E-state index contributed by atoms with van der Waals surface area (Å²) in [7, 11) is 5.09. The molecule has 20 heavy (non-hydrogen) atoms. The van der Waals surface area contributed by atoms with Gasteiger partial charge in [0.15, 0.2) is 0 Å². The van der Waals surface area contributed by atoms with Crippen molar-refractivity contribution in [3.63, 3.8) is 0 Å². The molecule has 0 saturated carbocycles. The molecule has 0 fully saturated rings. The summed E-state index contributed by atoms with van der Waals surface area (Å²) in [6.07, 6.45) is 0.670. The number of anilines is 1. The van der Waals surface area contributed by atoms with Gasteiger partial charge in [-0.1, -0.05) is 0 Å². The Morgan fingerprint density at radius 3 is 2.70 bits per heavy atom. The molecule has 0 saturated heterocycles. The van der Waals surface area contributed by atoms with E-state index in [9.17, 15) is 9.90 Å². The zero-order chi connectivity index (χ0) is 15.1. The Balaban J connectivity index is 3.05. The number of nitrogens with zero attached hydrogens (tertiary/aromatic N) is 1. The minimum atomic E-state index is -0.311. The Bertz CT molecular complexity index is 463. The fraction of sp³-hybridized carbons (Fsp3) is 0.462. The van der Waals surface area contributed by atoms with Gasteiger partial charge in [0.2, 0.25) is 0 Å². The van der Waals surface area contributed by atoms with Gasteiger partial charge in [-0.2, -0.15) is 0 Å². The summed E-state index contributed by atoms with van der Waals surface area (Å²) in [4.78, 5) is 12.1. The molecule has 0 aromatic heterocycles. The molecule has 5 N–H and O–H groups in total. The Morgan fingerprint density at radius 2 is 2.15 bits per heavy atom. The fourth-order valence-electron chi connectivity index (χ4n) is 1.59. The lowest BCUT2D eigenvalue weighted by Gasteiger charge is -2.16. The number of rotatable bonds is 7. The summed E-state index contributed by atoms with van der Waals surface area (Å²) in [6, 6.07) is 2.97. The second kappa shape index (κ2) is 7.56. The number of carbonyl (C=O) groups excluding carboxylic acids is 1. The van der Waals surface area contributed by atoms with Gasteiger partial charge in [-0.3, -0.25) is 10.2 Å². The number of amides is 1. The molecule has 0 aliphatic heterocycles. The van der Waals surface area contributed by atoms with Crippen molar-refractivity contribution in [2.24, 2.45) is 5.73 Å². The van der Waals surface area contributed by atoms with E-state index < -0.39 is 0 Å². The third-order valence-electron chi connectivity index (χ3n) is 2.54. The molecule has 1 rings (SSSR count). The molecule has 1 aromatic rings. The third kappa shape index (κ3) is 4.29. The maximum Gasteiger partial charge on any atom is 0.269 e. The van der Waals surface area contributed by atoms with Crippen LogP contribution in [0.2, 0.25) is 0 Å². The van der Waals surface area contributed by atoms with Crippen molar-refractivity contribution in [3.05, 3.63) is 17.7 Å². The summed E-state index contributed by atoms with van der Waals surface area (Å²) in [6.45, 7) is 0.886. The molecule has 0 bridgehead atoms. The number of phenolic OH excluding ortho intramolecular Hbond substituents is 1. The Kier molecular flexibility index (Phi) is 6.08. The van der Waals surface area contributed by atoms with Crippen molar-refractivity contribution in [1.82, 2.24) is 10.4 Å². The number of phenols is 1. The number of hydrogen-bond donors (Lipinski definition) is 4. The van der Waals surface area contributed by atoms with E-state index in [1.54, 1.807) is 27.2 Å². The van der Waals surface area contributed by atoms with Crippen molar-refractivity contribution in [1.29, 1.82) is 0 Å². The summed E-state index contributed by atoms with van der Waals surface area (Å²) >= 11 is 0. The standard InChI is InChI=1S/C13H22N4O3/c1-15-10-7-9(13(19)16-17(2)3)12(8-11(10)18)20-6-4-5-14/h7-8,15,18H,4-6,14H2,1-3H3,(H,16,19). The normalized spacial score (nSPS) is 10.4. The summed E-state index contributed by atoms with van der Waals surface area (Å²) in [5.41, 5.74) is 8.85. The van der Waals surface area contributed by atoms with Crippen LogP contribution in [0, 0.1) is 0 Å². The second-order valence-corrected chi connectivity index (χ2v) is 4.44. The highest BCUT2D eigenvalue weighted by molar-refractivity contribution is 5.98. The van der Waals surface area contributed by atoms with Crippen molar-refractivity contribution >= 4 is 11.6 Å². The molecular formula is C13H22N4O3. The SMILES string of the molecule is CNc1cc(C(=O)NN(C)C)c(OCCCN)cc1O. The number of nitrogens with one attached hydrogen (secondary N) is 2. The average molecular weight is 282 g/mol. The largest absolute Gasteiger partial charge is 0.506 e. The zero-order valence-electron chi connectivity index (χ0n) is 12.1. The third-order valence-corrected chi connectivity index (χ3v) is 2.54. The maximum atomic E-state index is 12.1. The number of benzene rings is 1. The van der Waals surface area contributed by atoms with Crippen LogP contribution in [-0.2, 0) is 0 Å². The van der Waals surface area contributed by atoms with Gasteiger partial charge in [0.25, 0.3) is 5.91 Å². The molecule has 7 heteroatoms. The molecule has 0 heterocycles. The van der Waals surface area contributed by atoms with E-state index in [-0.39, 0.29) is 11.7 Å². The maximum absolute atomic E-state index is 12.1. The molecule has 0 unspecified atom stereocenters. The topological polar surface area (TPSA) is 99.9 Å². The van der Waals surface area contributed by atoms with Crippen LogP contribution >= 0.6 is 0 Å². The predicted octanol–water partition coefficient (Wildman–Crippen LogP) is 0.368. The van der Waals surface area contributed by atoms with Crippen LogP contribution in [0.5, 0.6) is 11.5 Å². The van der Waals surface area contributed by atoms with Crippen LogP contribution in [0.3, 0.4) is 0 Å². The quantitative estimate of drug-likeness (QED) is 0.327. The van der Waals surface area contributed by atoms with E-state index in [0.717, 1.165) is 0 Å². The highest BCUT2D eigenvalue weighted by Gasteiger charge is 2.17. The van der Waals surface area contributed by atoms with Gasteiger partial charge in [-0.15, -0.1) is 0 Å². The summed E-state index contributed by atoms with van der Waals surface area (Å²) < 4.78 is 5.51. The van der Waals surface area contributed by atoms with Crippen LogP contribution in [0.25, 0.3) is 0 Å². The monoisotopic (exact) mass is 282 g/mol. The summed E-state index contributed by atoms with van der Waals surface area (Å²) in [5.74, 6) is 0.0419. The highest BCUT2D eigenvalue weighted by atomic mass is 16.5. The summed E-state index contributed by atoms with van der Waals surface area (Å²) in [5, 5.41) is 14.2. The Morgan fingerprint density at radius 1 is 1.45 bits per heavy atom. The van der Waals surface area contributed by atoms with Gasteiger partial charge in [0, 0.05) is 27.2 Å². The number of nitrogens with two attached hydrogens (primary N) is 1. The number of aromatic hydroxyl groups is 1. The minimum Gasteiger partial charge on any atom is -0.506 e. The predicted molar refractivity (Wildman–Crippen MR) is 78.0 cm³/mol. The molecule has 112 valence electrons. The first kappa shape index (κ1) is 16.1. The zero-order valence-corrected chi connectivity index (χ0v) is 12.1. The highest BCUT2D eigenvalue weighted by Crippen LogP contribution is 2.32. The van der Waals surface area contributed by atoms with Gasteiger partial charge < -0.3 is 20.9 Å². The molecule has 7 nitrogen and oxygen atoms in total. The van der Waals surface area contributed by atoms with Crippen LogP contribution in [-0.4, -0.2) is 50.3 Å². The second-order valence-electron chi connectivity index (χ2n) is 4.44. The van der Waals surface area contributed by atoms with E-state index in [1.165, 1.54) is 11.1 Å². The number of carbonyl (C=O) groups is 1. The first-order valence-electron chi connectivity index (χ1n) is 6.35. The van der Waals surface area contributed by atoms with Crippen LogP contribution < -0.4 is 21.2 Å². The van der Waals surface area contributed by atoms with Gasteiger partial charge in [-0.05, 0) is 19.0 Å². The van der Waals surface area contributed by atoms with Crippen molar-refractivity contribution in [2.45, 2.75) is 6.42 Å². The van der Waals surface area contributed by atoms with E-state index in [2.05, 4.69) is 10.7 Å². The first-order valence-corrected chi connectivity index (χ1v) is 6.35. The van der Waals surface area contributed by atoms with Gasteiger partial charge in [0.05, 0.1) is 17.9 Å². The lowest BCUT2D eigenvalue weighted by molar-refractivity contribution is 0.0852. The molecule has 0 aliphatic carbocycles. The van der Waals surface area contributed by atoms with E-state index in [0.29, 0.717) is 36.6 Å². The first-order chi connectivity index (χ1) is 9.49. The Hall–Kier alpha value is -1.99. The molecular weight excluding hydrogens is 260 g/mol. The molecule has 0 atom stereocenters. The Labute approximate surface area is 118 Å². The minimum absolute atomic E-state index is 0.0247.